The molecule has 0 bridgehead atoms. The van der Waals surface area contributed by atoms with E-state index >= 15 is 0 Å². The van der Waals surface area contributed by atoms with Gasteiger partial charge in [0.1, 0.15) is 0 Å². The quantitative estimate of drug-likeness (QED) is 0.672. The lowest BCUT2D eigenvalue weighted by molar-refractivity contribution is -0.136. The molecule has 0 aliphatic carbocycles. The molecule has 0 radical (unpaired) electrons. The summed E-state index contributed by atoms with van der Waals surface area (Å²) >= 11 is 0. The van der Waals surface area contributed by atoms with Gasteiger partial charge in [-0.15, -0.1) is 0 Å². The van der Waals surface area contributed by atoms with E-state index in [1.165, 1.54) is 0 Å². The average molecular weight is 265 g/mol. The molecule has 0 saturated heterocycles. The summed E-state index contributed by atoms with van der Waals surface area (Å²) in [5.74, 6) is -0.828. The van der Waals surface area contributed by atoms with Gasteiger partial charge in [0.2, 0.25) is 0 Å². The number of benzene rings is 1. The number of hydrogen-bond donors (Lipinski definition) is 3. The SMILES string of the molecule is CCCC(C)(O)CNCc1ccccc1CC(=O)O. The molecule has 0 aliphatic heterocycles. The largest absolute Gasteiger partial charge is 0.481 e. The van der Waals surface area contributed by atoms with Gasteiger partial charge in [-0.2, -0.15) is 0 Å². The second-order valence-electron chi connectivity index (χ2n) is 5.19. The summed E-state index contributed by atoms with van der Waals surface area (Å²) in [6, 6.07) is 7.48. The predicted octanol–water partition coefficient (Wildman–Crippen LogP) is 1.95. The number of nitrogens with one attached hydrogen (secondary N) is 1. The molecule has 0 fully saturated rings. The monoisotopic (exact) mass is 265 g/mol. The maximum atomic E-state index is 10.8. The molecular weight excluding hydrogens is 242 g/mol. The molecule has 4 nitrogen and oxygen atoms in total. The van der Waals surface area contributed by atoms with Crippen LogP contribution in [-0.2, 0) is 17.8 Å². The predicted molar refractivity (Wildman–Crippen MR) is 75.0 cm³/mol. The Kier molecular flexibility index (Phi) is 5.99. The highest BCUT2D eigenvalue weighted by Crippen LogP contribution is 2.12. The van der Waals surface area contributed by atoms with Gasteiger partial charge in [0, 0.05) is 13.1 Å². The van der Waals surface area contributed by atoms with Gasteiger partial charge < -0.3 is 15.5 Å². The summed E-state index contributed by atoms with van der Waals surface area (Å²) in [6.07, 6.45) is 1.71. The zero-order valence-electron chi connectivity index (χ0n) is 11.6. The molecule has 0 heterocycles. The summed E-state index contributed by atoms with van der Waals surface area (Å²) in [5.41, 5.74) is 1.08. The van der Waals surface area contributed by atoms with Crippen molar-refractivity contribution in [1.29, 1.82) is 0 Å². The topological polar surface area (TPSA) is 69.6 Å². The van der Waals surface area contributed by atoms with E-state index in [4.69, 9.17) is 5.11 Å². The average Bonchev–Trinajstić information content (AvgIpc) is 2.30. The summed E-state index contributed by atoms with van der Waals surface area (Å²) < 4.78 is 0. The third kappa shape index (κ3) is 5.85. The highest BCUT2D eigenvalue weighted by Gasteiger charge is 2.18. The van der Waals surface area contributed by atoms with Gasteiger partial charge in [0.05, 0.1) is 12.0 Å². The minimum Gasteiger partial charge on any atom is -0.481 e. The Balaban J connectivity index is 2.55. The molecule has 4 heteroatoms. The van der Waals surface area contributed by atoms with Crippen LogP contribution in [0.3, 0.4) is 0 Å². The molecule has 1 atom stereocenters. The van der Waals surface area contributed by atoms with Crippen molar-refractivity contribution in [3.05, 3.63) is 35.4 Å². The zero-order chi connectivity index (χ0) is 14.3. The van der Waals surface area contributed by atoms with Crippen LogP contribution < -0.4 is 5.32 Å². The molecule has 106 valence electrons. The van der Waals surface area contributed by atoms with E-state index in [-0.39, 0.29) is 6.42 Å². The molecule has 0 spiro atoms. The van der Waals surface area contributed by atoms with Crippen LogP contribution in [0, 0.1) is 0 Å². The maximum absolute atomic E-state index is 10.8. The molecule has 1 aromatic rings. The lowest BCUT2D eigenvalue weighted by atomic mass is 10.00. The first-order chi connectivity index (χ1) is 8.94. The van der Waals surface area contributed by atoms with Crippen LogP contribution in [0.2, 0.25) is 0 Å². The molecule has 19 heavy (non-hydrogen) atoms. The van der Waals surface area contributed by atoms with E-state index < -0.39 is 11.6 Å². The van der Waals surface area contributed by atoms with Crippen molar-refractivity contribution < 1.29 is 15.0 Å². The maximum Gasteiger partial charge on any atom is 0.307 e. The normalized spacial score (nSPS) is 14.1. The summed E-state index contributed by atoms with van der Waals surface area (Å²) in [4.78, 5) is 10.8. The lowest BCUT2D eigenvalue weighted by Crippen LogP contribution is -2.37. The minimum absolute atomic E-state index is 0.0310. The standard InChI is InChI=1S/C15H23NO3/c1-3-8-15(2,19)11-16-10-13-7-5-4-6-12(13)9-14(17)18/h4-7,16,19H,3,8-11H2,1-2H3,(H,17,18). The van der Waals surface area contributed by atoms with Crippen molar-refractivity contribution >= 4 is 5.97 Å². The van der Waals surface area contributed by atoms with Gasteiger partial charge in [-0.05, 0) is 24.5 Å². The van der Waals surface area contributed by atoms with Gasteiger partial charge >= 0.3 is 5.97 Å². The molecule has 3 N–H and O–H groups in total. The first-order valence-electron chi connectivity index (χ1n) is 6.66. The third-order valence-corrected chi connectivity index (χ3v) is 3.07. The number of aliphatic hydroxyl groups is 1. The van der Waals surface area contributed by atoms with Crippen molar-refractivity contribution in [3.63, 3.8) is 0 Å². The Morgan fingerprint density at radius 1 is 1.32 bits per heavy atom. The number of carbonyl (C=O) groups is 1. The van der Waals surface area contributed by atoms with Gasteiger partial charge in [0.15, 0.2) is 0 Å². The van der Waals surface area contributed by atoms with Gasteiger partial charge in [-0.3, -0.25) is 4.79 Å². The van der Waals surface area contributed by atoms with Crippen LogP contribution in [0.4, 0.5) is 0 Å². The fourth-order valence-corrected chi connectivity index (χ4v) is 2.16. The highest BCUT2D eigenvalue weighted by molar-refractivity contribution is 5.70. The number of aliphatic carboxylic acids is 1. The van der Waals surface area contributed by atoms with Gasteiger partial charge in [-0.1, -0.05) is 37.6 Å². The molecule has 0 aromatic heterocycles. The highest BCUT2D eigenvalue weighted by atomic mass is 16.4. The second-order valence-corrected chi connectivity index (χ2v) is 5.19. The molecule has 1 unspecified atom stereocenters. The number of hydrogen-bond acceptors (Lipinski definition) is 3. The number of carboxylic acid groups (broad SMARTS) is 1. The molecule has 1 rings (SSSR count). The van der Waals surface area contributed by atoms with E-state index in [1.807, 2.05) is 38.1 Å². The summed E-state index contributed by atoms with van der Waals surface area (Å²) in [6.45, 7) is 4.93. The minimum atomic E-state index is -0.828. The fraction of sp³-hybridized carbons (Fsp3) is 0.533. The zero-order valence-corrected chi connectivity index (χ0v) is 11.6. The Hall–Kier alpha value is -1.39. The van der Waals surface area contributed by atoms with Crippen LogP contribution in [-0.4, -0.2) is 28.3 Å². The molecule has 0 amide bonds. The summed E-state index contributed by atoms with van der Waals surface area (Å²) in [7, 11) is 0. The van der Waals surface area contributed by atoms with Crippen molar-refractivity contribution in [2.45, 2.75) is 45.3 Å². The van der Waals surface area contributed by atoms with Crippen LogP contribution in [0.25, 0.3) is 0 Å². The van der Waals surface area contributed by atoms with Crippen LogP contribution in [0.15, 0.2) is 24.3 Å². The van der Waals surface area contributed by atoms with E-state index in [2.05, 4.69) is 5.32 Å². The van der Waals surface area contributed by atoms with Crippen molar-refractivity contribution in [2.24, 2.45) is 0 Å². The first-order valence-corrected chi connectivity index (χ1v) is 6.66. The summed E-state index contributed by atoms with van der Waals surface area (Å²) in [5, 5.41) is 22.1. The third-order valence-electron chi connectivity index (χ3n) is 3.07. The molecular formula is C15H23NO3. The van der Waals surface area contributed by atoms with Crippen molar-refractivity contribution in [1.82, 2.24) is 5.32 Å². The Bertz CT molecular complexity index is 416. The lowest BCUT2D eigenvalue weighted by Gasteiger charge is -2.23. The fourth-order valence-electron chi connectivity index (χ4n) is 2.16. The molecule has 0 saturated carbocycles. The second kappa shape index (κ2) is 7.26. The number of rotatable bonds is 8. The van der Waals surface area contributed by atoms with Crippen LogP contribution in [0.1, 0.15) is 37.8 Å². The molecule has 1 aromatic carbocycles. The number of carboxylic acids is 1. The Morgan fingerprint density at radius 3 is 2.53 bits per heavy atom. The Morgan fingerprint density at radius 2 is 1.95 bits per heavy atom. The van der Waals surface area contributed by atoms with E-state index in [1.54, 1.807) is 0 Å². The smallest absolute Gasteiger partial charge is 0.307 e. The van der Waals surface area contributed by atoms with Crippen LogP contribution in [0.5, 0.6) is 0 Å². The van der Waals surface area contributed by atoms with Crippen molar-refractivity contribution in [2.75, 3.05) is 6.54 Å². The first kappa shape index (κ1) is 15.7. The Labute approximate surface area is 114 Å². The van der Waals surface area contributed by atoms with Crippen LogP contribution >= 0.6 is 0 Å². The van der Waals surface area contributed by atoms with Crippen molar-refractivity contribution in [3.8, 4) is 0 Å². The van der Waals surface area contributed by atoms with E-state index in [0.29, 0.717) is 13.1 Å². The van der Waals surface area contributed by atoms with Gasteiger partial charge in [-0.25, -0.2) is 0 Å². The van der Waals surface area contributed by atoms with E-state index in [9.17, 15) is 9.90 Å². The van der Waals surface area contributed by atoms with Gasteiger partial charge in [0.25, 0.3) is 0 Å². The molecule has 0 aliphatic rings. The van der Waals surface area contributed by atoms with E-state index in [0.717, 1.165) is 24.0 Å².